The fourth-order valence-electron chi connectivity index (χ4n) is 1.66. The smallest absolute Gasteiger partial charge is 0.225 e. The van der Waals surface area contributed by atoms with Gasteiger partial charge in [-0.15, -0.1) is 0 Å². The number of ether oxygens (including phenoxy) is 1. The third kappa shape index (κ3) is 2.69. The largest absolute Gasteiger partial charge is 0.381 e. The number of rotatable bonds is 3. The molecule has 2 aliphatic rings. The Bertz CT molecular complexity index is 183. The maximum atomic E-state index is 11.5. The standard InChI is InChI=1S/C10H17NO2/c12-10(11-6-8-3-4-8)9-2-1-5-13-7-9/h8-9H,1-7H2,(H,11,12). The topological polar surface area (TPSA) is 38.3 Å². The lowest BCUT2D eigenvalue weighted by Crippen LogP contribution is -2.36. The minimum Gasteiger partial charge on any atom is -0.381 e. The van der Waals surface area contributed by atoms with Crippen molar-refractivity contribution in [2.24, 2.45) is 11.8 Å². The lowest BCUT2D eigenvalue weighted by Gasteiger charge is -2.21. The summed E-state index contributed by atoms with van der Waals surface area (Å²) in [4.78, 5) is 11.5. The van der Waals surface area contributed by atoms with Gasteiger partial charge in [-0.05, 0) is 31.6 Å². The van der Waals surface area contributed by atoms with Crippen LogP contribution < -0.4 is 5.32 Å². The lowest BCUT2D eigenvalue weighted by atomic mass is 10.0. The van der Waals surface area contributed by atoms with Gasteiger partial charge in [0.2, 0.25) is 5.91 Å². The van der Waals surface area contributed by atoms with Gasteiger partial charge in [0.25, 0.3) is 0 Å². The molecule has 1 aliphatic carbocycles. The molecule has 0 aromatic rings. The number of carbonyl (C=O) groups excluding carboxylic acids is 1. The van der Waals surface area contributed by atoms with Crippen LogP contribution in [0.4, 0.5) is 0 Å². The zero-order chi connectivity index (χ0) is 9.10. The quantitative estimate of drug-likeness (QED) is 0.707. The van der Waals surface area contributed by atoms with Crippen molar-refractivity contribution in [2.45, 2.75) is 25.7 Å². The normalized spacial score (nSPS) is 28.5. The molecule has 1 atom stereocenters. The molecule has 0 spiro atoms. The molecule has 1 saturated heterocycles. The molecular formula is C10H17NO2. The van der Waals surface area contributed by atoms with Gasteiger partial charge in [-0.3, -0.25) is 4.79 Å². The molecule has 1 unspecified atom stereocenters. The second kappa shape index (κ2) is 4.09. The highest BCUT2D eigenvalue weighted by atomic mass is 16.5. The summed E-state index contributed by atoms with van der Waals surface area (Å²) < 4.78 is 5.26. The SMILES string of the molecule is O=C(NCC1CC1)C1CCCOC1. The van der Waals surface area contributed by atoms with Crippen LogP contribution in [-0.2, 0) is 9.53 Å². The predicted octanol–water partition coefficient (Wildman–Crippen LogP) is 0.939. The number of carbonyl (C=O) groups is 1. The van der Waals surface area contributed by atoms with Crippen LogP contribution in [-0.4, -0.2) is 25.7 Å². The van der Waals surface area contributed by atoms with Gasteiger partial charge in [0.15, 0.2) is 0 Å². The van der Waals surface area contributed by atoms with E-state index >= 15 is 0 Å². The Morgan fingerprint density at radius 2 is 2.23 bits per heavy atom. The number of nitrogens with one attached hydrogen (secondary N) is 1. The third-order valence-electron chi connectivity index (χ3n) is 2.79. The fourth-order valence-corrected chi connectivity index (χ4v) is 1.66. The molecular weight excluding hydrogens is 166 g/mol. The van der Waals surface area contributed by atoms with E-state index in [0.717, 1.165) is 31.9 Å². The third-order valence-corrected chi connectivity index (χ3v) is 2.79. The minimum atomic E-state index is 0.118. The van der Waals surface area contributed by atoms with Crippen molar-refractivity contribution in [3.63, 3.8) is 0 Å². The van der Waals surface area contributed by atoms with E-state index in [1.807, 2.05) is 0 Å². The summed E-state index contributed by atoms with van der Waals surface area (Å²) in [7, 11) is 0. The van der Waals surface area contributed by atoms with Gasteiger partial charge in [-0.2, -0.15) is 0 Å². The van der Waals surface area contributed by atoms with E-state index in [-0.39, 0.29) is 11.8 Å². The van der Waals surface area contributed by atoms with Crippen molar-refractivity contribution >= 4 is 5.91 Å². The van der Waals surface area contributed by atoms with E-state index in [2.05, 4.69) is 5.32 Å². The molecule has 2 rings (SSSR count). The molecule has 1 heterocycles. The molecule has 0 aromatic heterocycles. The van der Waals surface area contributed by atoms with Gasteiger partial charge in [-0.25, -0.2) is 0 Å². The van der Waals surface area contributed by atoms with E-state index in [9.17, 15) is 4.79 Å². The van der Waals surface area contributed by atoms with E-state index in [0.29, 0.717) is 6.61 Å². The Hall–Kier alpha value is -0.570. The lowest BCUT2D eigenvalue weighted by molar-refractivity contribution is -0.129. The van der Waals surface area contributed by atoms with Gasteiger partial charge in [0, 0.05) is 13.2 Å². The molecule has 0 aromatic carbocycles. The molecule has 1 amide bonds. The first-order valence-electron chi connectivity index (χ1n) is 5.21. The molecule has 3 nitrogen and oxygen atoms in total. The zero-order valence-corrected chi connectivity index (χ0v) is 7.92. The summed E-state index contributed by atoms with van der Waals surface area (Å²) in [6, 6.07) is 0. The van der Waals surface area contributed by atoms with E-state index < -0.39 is 0 Å². The Balaban J connectivity index is 1.67. The molecule has 0 bridgehead atoms. The average Bonchev–Trinajstić information content (AvgIpc) is 2.99. The van der Waals surface area contributed by atoms with Crippen molar-refractivity contribution in [3.05, 3.63) is 0 Å². The number of hydrogen-bond acceptors (Lipinski definition) is 2. The van der Waals surface area contributed by atoms with Gasteiger partial charge >= 0.3 is 0 Å². The van der Waals surface area contributed by atoms with Crippen LogP contribution in [0.15, 0.2) is 0 Å². The highest BCUT2D eigenvalue weighted by molar-refractivity contribution is 5.78. The highest BCUT2D eigenvalue weighted by Gasteiger charge is 2.25. The van der Waals surface area contributed by atoms with Crippen LogP contribution in [0.1, 0.15) is 25.7 Å². The molecule has 13 heavy (non-hydrogen) atoms. The second-order valence-corrected chi connectivity index (χ2v) is 4.10. The number of hydrogen-bond donors (Lipinski definition) is 1. The van der Waals surface area contributed by atoms with Crippen LogP contribution in [0.25, 0.3) is 0 Å². The Morgan fingerprint density at radius 3 is 2.85 bits per heavy atom. The number of amides is 1. The first kappa shape index (κ1) is 9.00. The van der Waals surface area contributed by atoms with Crippen LogP contribution in [0.5, 0.6) is 0 Å². The summed E-state index contributed by atoms with van der Waals surface area (Å²) in [5.74, 6) is 1.09. The maximum absolute atomic E-state index is 11.5. The summed E-state index contributed by atoms with van der Waals surface area (Å²) in [6.07, 6.45) is 4.61. The van der Waals surface area contributed by atoms with Gasteiger partial charge in [0.1, 0.15) is 0 Å². The summed E-state index contributed by atoms with van der Waals surface area (Å²) in [5, 5.41) is 3.00. The van der Waals surface area contributed by atoms with Crippen LogP contribution >= 0.6 is 0 Å². The Labute approximate surface area is 78.8 Å². The summed E-state index contributed by atoms with van der Waals surface area (Å²) in [5.41, 5.74) is 0. The van der Waals surface area contributed by atoms with Gasteiger partial charge in [0.05, 0.1) is 12.5 Å². The summed E-state index contributed by atoms with van der Waals surface area (Å²) >= 11 is 0. The fraction of sp³-hybridized carbons (Fsp3) is 0.900. The van der Waals surface area contributed by atoms with E-state index in [4.69, 9.17) is 4.74 Å². The molecule has 1 saturated carbocycles. The molecule has 2 fully saturated rings. The molecule has 74 valence electrons. The molecule has 3 heteroatoms. The van der Waals surface area contributed by atoms with Gasteiger partial charge in [-0.1, -0.05) is 0 Å². The van der Waals surface area contributed by atoms with Crippen molar-refractivity contribution in [1.82, 2.24) is 5.32 Å². The van der Waals surface area contributed by atoms with E-state index in [1.54, 1.807) is 0 Å². The Morgan fingerprint density at radius 1 is 1.38 bits per heavy atom. The highest BCUT2D eigenvalue weighted by Crippen LogP contribution is 2.27. The summed E-state index contributed by atoms with van der Waals surface area (Å²) in [6.45, 7) is 2.33. The van der Waals surface area contributed by atoms with Crippen LogP contribution in [0.3, 0.4) is 0 Å². The van der Waals surface area contributed by atoms with Crippen molar-refractivity contribution in [2.75, 3.05) is 19.8 Å². The first-order chi connectivity index (χ1) is 6.36. The molecule has 1 N–H and O–H groups in total. The minimum absolute atomic E-state index is 0.118. The molecule has 1 aliphatic heterocycles. The molecule has 0 radical (unpaired) electrons. The van der Waals surface area contributed by atoms with Crippen LogP contribution in [0, 0.1) is 11.8 Å². The van der Waals surface area contributed by atoms with Crippen LogP contribution in [0.2, 0.25) is 0 Å². The monoisotopic (exact) mass is 183 g/mol. The van der Waals surface area contributed by atoms with Gasteiger partial charge < -0.3 is 10.1 Å². The Kier molecular flexibility index (Phi) is 2.83. The predicted molar refractivity (Wildman–Crippen MR) is 49.3 cm³/mol. The zero-order valence-electron chi connectivity index (χ0n) is 7.92. The van der Waals surface area contributed by atoms with Crippen molar-refractivity contribution in [1.29, 1.82) is 0 Å². The van der Waals surface area contributed by atoms with Crippen molar-refractivity contribution in [3.8, 4) is 0 Å². The average molecular weight is 183 g/mol. The van der Waals surface area contributed by atoms with Crippen molar-refractivity contribution < 1.29 is 9.53 Å². The van der Waals surface area contributed by atoms with E-state index in [1.165, 1.54) is 12.8 Å². The second-order valence-electron chi connectivity index (χ2n) is 4.10. The first-order valence-corrected chi connectivity index (χ1v) is 5.21. The maximum Gasteiger partial charge on any atom is 0.225 e.